The number of hydrogen-bond acceptors (Lipinski definition) is 5. The Kier molecular flexibility index (Phi) is 6.62. The van der Waals surface area contributed by atoms with E-state index in [9.17, 15) is 4.79 Å². The number of furan rings is 1. The zero-order valence-corrected chi connectivity index (χ0v) is 18.0. The SMILES string of the molecule is CCCn1c(SCC(=O)Nc2ccc(Br)cc2Cl)nnc1-c1ccoc1C. The van der Waals surface area contributed by atoms with E-state index in [0.29, 0.717) is 15.9 Å². The van der Waals surface area contributed by atoms with Crippen molar-refractivity contribution in [3.63, 3.8) is 0 Å². The van der Waals surface area contributed by atoms with Gasteiger partial charge in [-0.1, -0.05) is 46.2 Å². The van der Waals surface area contributed by atoms with Crippen LogP contribution in [0.3, 0.4) is 0 Å². The van der Waals surface area contributed by atoms with Crippen molar-refractivity contribution in [2.24, 2.45) is 0 Å². The number of benzene rings is 1. The summed E-state index contributed by atoms with van der Waals surface area (Å²) in [6.45, 7) is 4.74. The summed E-state index contributed by atoms with van der Waals surface area (Å²) in [4.78, 5) is 12.3. The van der Waals surface area contributed by atoms with Crippen molar-refractivity contribution in [2.75, 3.05) is 11.1 Å². The van der Waals surface area contributed by atoms with Crippen LogP contribution in [0.4, 0.5) is 5.69 Å². The molecule has 0 aliphatic carbocycles. The van der Waals surface area contributed by atoms with Gasteiger partial charge >= 0.3 is 0 Å². The van der Waals surface area contributed by atoms with E-state index in [1.807, 2.05) is 23.6 Å². The predicted molar refractivity (Wildman–Crippen MR) is 111 cm³/mol. The number of hydrogen-bond donors (Lipinski definition) is 1. The molecule has 0 aliphatic heterocycles. The molecule has 2 heterocycles. The van der Waals surface area contributed by atoms with E-state index in [0.717, 1.165) is 34.6 Å². The lowest BCUT2D eigenvalue weighted by atomic mass is 10.2. The third-order valence-electron chi connectivity index (χ3n) is 3.80. The quantitative estimate of drug-likeness (QED) is 0.469. The number of anilines is 1. The van der Waals surface area contributed by atoms with Gasteiger partial charge in [0.2, 0.25) is 5.91 Å². The molecule has 0 aliphatic rings. The van der Waals surface area contributed by atoms with Gasteiger partial charge in [-0.15, -0.1) is 10.2 Å². The van der Waals surface area contributed by atoms with Gasteiger partial charge in [-0.3, -0.25) is 4.79 Å². The van der Waals surface area contributed by atoms with Crippen molar-refractivity contribution < 1.29 is 9.21 Å². The zero-order valence-electron chi connectivity index (χ0n) is 14.8. The minimum Gasteiger partial charge on any atom is -0.469 e. The summed E-state index contributed by atoms with van der Waals surface area (Å²) in [5.74, 6) is 1.59. The van der Waals surface area contributed by atoms with Crippen molar-refractivity contribution in [3.05, 3.63) is 45.8 Å². The van der Waals surface area contributed by atoms with E-state index in [1.165, 1.54) is 11.8 Å². The standard InChI is InChI=1S/C18H18BrClN4O2S/c1-3-7-24-17(13-6-8-26-11(13)2)22-23-18(24)27-10-16(25)21-15-5-4-12(19)9-14(15)20/h4-6,8-9H,3,7,10H2,1-2H3,(H,21,25). The Morgan fingerprint density at radius 3 is 2.85 bits per heavy atom. The number of amides is 1. The van der Waals surface area contributed by atoms with E-state index in [-0.39, 0.29) is 11.7 Å². The van der Waals surface area contributed by atoms with Gasteiger partial charge in [0, 0.05) is 11.0 Å². The van der Waals surface area contributed by atoms with Crippen molar-refractivity contribution in [2.45, 2.75) is 32.0 Å². The van der Waals surface area contributed by atoms with Crippen LogP contribution in [-0.4, -0.2) is 26.4 Å². The Bertz CT molecular complexity index is 957. The molecule has 1 aromatic carbocycles. The third-order valence-corrected chi connectivity index (χ3v) is 5.57. The number of thioether (sulfide) groups is 1. The fraction of sp³-hybridized carbons (Fsp3) is 0.278. The Hall–Kier alpha value is -1.77. The summed E-state index contributed by atoms with van der Waals surface area (Å²) < 4.78 is 8.25. The molecule has 0 saturated heterocycles. The fourth-order valence-corrected chi connectivity index (χ4v) is 4.03. The van der Waals surface area contributed by atoms with E-state index in [2.05, 4.69) is 38.4 Å². The summed E-state index contributed by atoms with van der Waals surface area (Å²) in [6, 6.07) is 7.20. The molecule has 3 aromatic rings. The van der Waals surface area contributed by atoms with Crippen molar-refractivity contribution in [1.29, 1.82) is 0 Å². The monoisotopic (exact) mass is 468 g/mol. The molecule has 1 amide bonds. The molecule has 0 fully saturated rings. The smallest absolute Gasteiger partial charge is 0.234 e. The highest BCUT2D eigenvalue weighted by Gasteiger charge is 2.18. The molecule has 0 saturated carbocycles. The highest BCUT2D eigenvalue weighted by molar-refractivity contribution is 9.10. The van der Waals surface area contributed by atoms with Crippen molar-refractivity contribution in [3.8, 4) is 11.4 Å². The predicted octanol–water partition coefficient (Wildman–Crippen LogP) is 5.40. The topological polar surface area (TPSA) is 73.0 Å². The van der Waals surface area contributed by atoms with E-state index < -0.39 is 0 Å². The van der Waals surface area contributed by atoms with Gasteiger partial charge in [0.05, 0.1) is 28.3 Å². The molecule has 3 rings (SSSR count). The highest BCUT2D eigenvalue weighted by atomic mass is 79.9. The molecular formula is C18H18BrClN4O2S. The second-order valence-electron chi connectivity index (χ2n) is 5.81. The summed E-state index contributed by atoms with van der Waals surface area (Å²) >= 11 is 10.8. The minimum absolute atomic E-state index is 0.156. The van der Waals surface area contributed by atoms with Crippen molar-refractivity contribution >= 4 is 50.9 Å². The van der Waals surface area contributed by atoms with Crippen LogP contribution in [0.25, 0.3) is 11.4 Å². The Morgan fingerprint density at radius 2 is 2.19 bits per heavy atom. The largest absolute Gasteiger partial charge is 0.469 e. The van der Waals surface area contributed by atoms with Gasteiger partial charge in [-0.25, -0.2) is 0 Å². The van der Waals surface area contributed by atoms with Crippen LogP contribution in [0.2, 0.25) is 5.02 Å². The molecule has 27 heavy (non-hydrogen) atoms. The number of aryl methyl sites for hydroxylation is 1. The number of rotatable bonds is 7. The summed E-state index contributed by atoms with van der Waals surface area (Å²) in [5, 5.41) is 12.6. The summed E-state index contributed by atoms with van der Waals surface area (Å²) in [7, 11) is 0. The first-order chi connectivity index (χ1) is 13.0. The lowest BCUT2D eigenvalue weighted by Crippen LogP contribution is -2.15. The van der Waals surface area contributed by atoms with Crippen LogP contribution in [0.5, 0.6) is 0 Å². The number of nitrogens with zero attached hydrogens (tertiary/aromatic N) is 3. The maximum atomic E-state index is 12.3. The number of aromatic nitrogens is 3. The third kappa shape index (κ3) is 4.75. The summed E-state index contributed by atoms with van der Waals surface area (Å²) in [6.07, 6.45) is 2.56. The van der Waals surface area contributed by atoms with Crippen LogP contribution < -0.4 is 5.32 Å². The highest BCUT2D eigenvalue weighted by Crippen LogP contribution is 2.28. The van der Waals surface area contributed by atoms with Crippen LogP contribution in [-0.2, 0) is 11.3 Å². The average molecular weight is 470 g/mol. The van der Waals surface area contributed by atoms with Crippen molar-refractivity contribution in [1.82, 2.24) is 14.8 Å². The lowest BCUT2D eigenvalue weighted by Gasteiger charge is -2.09. The molecule has 0 atom stereocenters. The molecule has 0 spiro atoms. The average Bonchev–Trinajstić information content (AvgIpc) is 3.22. The first kappa shape index (κ1) is 20.0. The molecule has 2 aromatic heterocycles. The minimum atomic E-state index is -0.156. The molecule has 6 nitrogen and oxygen atoms in total. The molecule has 1 N–H and O–H groups in total. The van der Waals surface area contributed by atoms with E-state index in [1.54, 1.807) is 18.4 Å². The molecule has 9 heteroatoms. The van der Waals surface area contributed by atoms with Crippen LogP contribution in [0.15, 0.2) is 44.6 Å². The van der Waals surface area contributed by atoms with Crippen LogP contribution in [0, 0.1) is 6.92 Å². The van der Waals surface area contributed by atoms with Crippen LogP contribution in [0.1, 0.15) is 19.1 Å². The Labute approximate surface area is 174 Å². The van der Waals surface area contributed by atoms with Gasteiger partial charge in [-0.05, 0) is 37.6 Å². The number of carbonyl (C=O) groups excluding carboxylic acids is 1. The molecule has 142 valence electrons. The second kappa shape index (κ2) is 8.95. The van der Waals surface area contributed by atoms with Gasteiger partial charge in [0.25, 0.3) is 0 Å². The number of nitrogens with one attached hydrogen (secondary N) is 1. The Balaban J connectivity index is 1.71. The van der Waals surface area contributed by atoms with Gasteiger partial charge < -0.3 is 14.3 Å². The van der Waals surface area contributed by atoms with E-state index in [4.69, 9.17) is 16.0 Å². The lowest BCUT2D eigenvalue weighted by molar-refractivity contribution is -0.113. The van der Waals surface area contributed by atoms with Gasteiger partial charge in [0.15, 0.2) is 11.0 Å². The summed E-state index contributed by atoms with van der Waals surface area (Å²) in [5.41, 5.74) is 1.49. The molecule has 0 unspecified atom stereocenters. The second-order valence-corrected chi connectivity index (χ2v) is 8.07. The van der Waals surface area contributed by atoms with Gasteiger partial charge in [-0.2, -0.15) is 0 Å². The van der Waals surface area contributed by atoms with Gasteiger partial charge in [0.1, 0.15) is 5.76 Å². The van der Waals surface area contributed by atoms with E-state index >= 15 is 0 Å². The molecule has 0 bridgehead atoms. The number of halogens is 2. The number of carbonyl (C=O) groups is 1. The molecule has 0 radical (unpaired) electrons. The Morgan fingerprint density at radius 1 is 1.37 bits per heavy atom. The normalized spacial score (nSPS) is 11.0. The zero-order chi connectivity index (χ0) is 19.4. The fourth-order valence-electron chi connectivity index (χ4n) is 2.54. The molecular weight excluding hydrogens is 452 g/mol. The maximum absolute atomic E-state index is 12.3. The first-order valence-electron chi connectivity index (χ1n) is 8.35. The maximum Gasteiger partial charge on any atom is 0.234 e. The van der Waals surface area contributed by atoms with Crippen LogP contribution >= 0.6 is 39.3 Å². The first-order valence-corrected chi connectivity index (χ1v) is 10.5.